The molecule has 102 heavy (non-hydrogen) atoms. The molecule has 564 valence electrons. The second-order valence-electron chi connectivity index (χ2n) is 36.9. The number of fused-ring (bicyclic) bond motifs is 4. The molecule has 0 aliphatic heterocycles. The van der Waals surface area contributed by atoms with Crippen LogP contribution in [0.3, 0.4) is 0 Å². The van der Waals surface area contributed by atoms with Gasteiger partial charge >= 0.3 is 0 Å². The first-order valence-electron chi connectivity index (χ1n) is 44.6. The number of hydrogen-bond acceptors (Lipinski definition) is 0. The van der Waals surface area contributed by atoms with Gasteiger partial charge < -0.3 is 0 Å². The Morgan fingerprint density at radius 1 is 0.304 bits per heavy atom. The monoisotopic (exact) mass is 1400 g/mol. The molecule has 18 rings (SSSR count). The molecule has 0 amide bonds. The lowest BCUT2D eigenvalue weighted by Crippen LogP contribution is -2.40. The van der Waals surface area contributed by atoms with Gasteiger partial charge in [-0.2, -0.15) is 0 Å². The maximum atomic E-state index is 2.57. The van der Waals surface area contributed by atoms with Crippen LogP contribution in [0.5, 0.6) is 0 Å². The molecule has 0 spiro atoms. The van der Waals surface area contributed by atoms with Gasteiger partial charge in [0, 0.05) is 0 Å². The van der Waals surface area contributed by atoms with Gasteiger partial charge in [0.2, 0.25) is 38.0 Å². The Morgan fingerprint density at radius 2 is 0.686 bits per heavy atom. The minimum atomic E-state index is 0.722. The molecule has 6 aromatic heterocycles. The summed E-state index contributed by atoms with van der Waals surface area (Å²) in [5.74, 6) is 7.40. The smallest absolute Gasteiger partial charge is 0.237 e. The lowest BCUT2D eigenvalue weighted by atomic mass is 9.89. The van der Waals surface area contributed by atoms with E-state index in [4.69, 9.17) is 0 Å². The number of rotatable bonds is 16. The van der Waals surface area contributed by atoms with E-state index < -0.39 is 0 Å². The molecule has 6 unspecified atom stereocenters. The first-order chi connectivity index (χ1) is 50.1. The van der Waals surface area contributed by atoms with Crippen LogP contribution in [0.2, 0.25) is 0 Å². The van der Waals surface area contributed by atoms with E-state index in [1.54, 1.807) is 0 Å². The SMILES string of the molecule is CC(C)Cn1cc[n+](CC(C)C)c1.c1c[n+](C2CC3CCC2C3)cn1C1CC2CCC1C2.c1c[n+](C2CCCC2)cn1C1CCCC1.c1c[n+](C2CCCCC2)cn1C1CCCCC1.c1c[n+](C2CCCCCC2)cn1C1CCCCCC1.c1c[n+](CC2CCCCC2)cn1CC1CCCCC1. The van der Waals surface area contributed by atoms with Crippen LogP contribution in [0.4, 0.5) is 0 Å². The Labute approximate surface area is 621 Å². The van der Waals surface area contributed by atoms with E-state index in [0.717, 1.165) is 109 Å². The largest absolute Gasteiger partial charge is 0.244 e. The Morgan fingerprint density at radius 3 is 1.14 bits per heavy atom. The van der Waals surface area contributed by atoms with Crippen molar-refractivity contribution in [2.45, 2.75) is 410 Å². The quantitative estimate of drug-likeness (QED) is 0.0685. The number of hydrogen-bond donors (Lipinski definition) is 0. The van der Waals surface area contributed by atoms with Crippen LogP contribution >= 0.6 is 0 Å². The molecule has 4 bridgehead atoms. The minimum absolute atomic E-state index is 0.722. The van der Waals surface area contributed by atoms with Crippen LogP contribution in [-0.4, -0.2) is 27.4 Å². The van der Waals surface area contributed by atoms with Crippen molar-refractivity contribution < 1.29 is 27.4 Å². The zero-order valence-corrected chi connectivity index (χ0v) is 65.8. The van der Waals surface area contributed by atoms with Gasteiger partial charge in [-0.25, -0.2) is 54.8 Å². The normalized spacial score (nSPS) is 26.5. The van der Waals surface area contributed by atoms with E-state index in [1.165, 1.54) is 321 Å². The van der Waals surface area contributed by atoms with Crippen LogP contribution in [0.15, 0.2) is 112 Å². The van der Waals surface area contributed by atoms with Gasteiger partial charge in [-0.15, -0.1) is 0 Å². The average Bonchev–Trinajstić information content (AvgIpc) is 1.62. The van der Waals surface area contributed by atoms with E-state index in [0.29, 0.717) is 0 Å². The van der Waals surface area contributed by atoms with Crippen LogP contribution in [-0.2, 0) is 26.2 Å². The topological polar surface area (TPSA) is 52.9 Å². The van der Waals surface area contributed by atoms with Crippen LogP contribution in [0.1, 0.15) is 384 Å². The Hall–Kier alpha value is -4.74. The van der Waals surface area contributed by atoms with E-state index in [9.17, 15) is 0 Å². The molecule has 12 fully saturated rings. The zero-order valence-electron chi connectivity index (χ0n) is 65.8. The predicted octanol–water partition coefficient (Wildman–Crippen LogP) is 20.9. The first-order valence-corrected chi connectivity index (χ1v) is 44.6. The Kier molecular flexibility index (Phi) is 29.0. The molecule has 12 nitrogen and oxygen atoms in total. The fraction of sp³-hybridized carbons (Fsp3) is 0.800. The summed E-state index contributed by atoms with van der Waals surface area (Å²) >= 11 is 0. The highest BCUT2D eigenvalue weighted by molar-refractivity contribution is 4.96. The summed E-state index contributed by atoms with van der Waals surface area (Å²) < 4.78 is 29.4. The third kappa shape index (κ3) is 22.2. The van der Waals surface area contributed by atoms with Gasteiger partial charge in [-0.3, -0.25) is 0 Å². The second kappa shape index (κ2) is 39.2. The molecular weight excluding hydrogens is 1250 g/mol. The van der Waals surface area contributed by atoms with Crippen molar-refractivity contribution in [3.05, 3.63) is 112 Å². The lowest BCUT2D eigenvalue weighted by molar-refractivity contribution is -0.728. The maximum Gasteiger partial charge on any atom is 0.244 e. The molecule has 0 aromatic carbocycles. The fourth-order valence-electron chi connectivity index (χ4n) is 22.1. The van der Waals surface area contributed by atoms with E-state index in [-0.39, 0.29) is 0 Å². The molecule has 12 aliphatic rings. The van der Waals surface area contributed by atoms with Crippen molar-refractivity contribution in [3.63, 3.8) is 0 Å². The summed E-state index contributed by atoms with van der Waals surface area (Å²) in [5.41, 5.74) is 0. The molecule has 6 heterocycles. The standard InChI is InChI=1S/C17H25N2.2C17H29N2.C15H25N2.C13H21N2.C11H21N2/c1-3-14-7-12(1)9-16(14)18-5-6-19(11-18)17-10-13-2-4-15(17)8-13;1-3-7-16(8-4-1)13-18-11-12-19(15-18)14-17-9-5-2-6-10-17;1-2-6-10-16(9-5-1)18-13-14-19(15-18)17-11-7-3-4-8-12-17;1-3-7-14(8-4-1)16-11-12-17(13-16)15-9-5-2-6-10-15;1-2-6-12(5-1)14-9-10-15(11-14)13-7-3-4-8-13;1-10(2)7-12-5-6-13(9-12)8-11(3)4/h5-6,11-17H,1-4,7-10H2;11-12,15-17H,1-10,13-14H2;13-17H,1-12H2;11-15H,1-10H2;9-13H,1-8H2;5-6,9-11H,7-8H2,1-4H3/q6*+1. The summed E-state index contributed by atoms with van der Waals surface area (Å²) in [5, 5.41) is 0. The maximum absolute atomic E-state index is 2.57. The second-order valence-corrected chi connectivity index (χ2v) is 36.9. The first kappa shape index (κ1) is 75.5. The van der Waals surface area contributed by atoms with Crippen molar-refractivity contribution >= 4 is 0 Å². The summed E-state index contributed by atoms with van der Waals surface area (Å²) in [6.45, 7) is 13.7. The van der Waals surface area contributed by atoms with Crippen molar-refractivity contribution in [1.29, 1.82) is 0 Å². The molecule has 0 radical (unpaired) electrons. The minimum Gasteiger partial charge on any atom is -0.237 e. The third-order valence-corrected chi connectivity index (χ3v) is 27.9. The Bertz CT molecular complexity index is 3040. The molecule has 0 N–H and O–H groups in total. The average molecular weight is 1400 g/mol. The number of nitrogens with zero attached hydrogens (tertiary/aromatic N) is 12. The number of aromatic nitrogens is 12. The molecular formula is C90H150N12+6. The summed E-state index contributed by atoms with van der Waals surface area (Å²) in [6.07, 6.45) is 110. The highest BCUT2D eigenvalue weighted by Gasteiger charge is 2.46. The lowest BCUT2D eigenvalue weighted by Gasteiger charge is -2.20. The van der Waals surface area contributed by atoms with E-state index >= 15 is 0 Å². The summed E-state index contributed by atoms with van der Waals surface area (Å²) in [4.78, 5) is 0. The molecule has 12 heteroatoms. The van der Waals surface area contributed by atoms with Gasteiger partial charge in [-0.05, 0) is 278 Å². The highest BCUT2D eigenvalue weighted by atomic mass is 15.2. The van der Waals surface area contributed by atoms with Crippen LogP contribution in [0, 0.1) is 47.3 Å². The molecule has 6 atom stereocenters. The van der Waals surface area contributed by atoms with Gasteiger partial charge in [-0.1, -0.05) is 105 Å². The van der Waals surface area contributed by atoms with E-state index in [1.807, 2.05) is 0 Å². The van der Waals surface area contributed by atoms with E-state index in [2.05, 4.69) is 195 Å². The van der Waals surface area contributed by atoms with Crippen molar-refractivity contribution in [3.8, 4) is 0 Å². The van der Waals surface area contributed by atoms with Gasteiger partial charge in [0.15, 0.2) is 0 Å². The van der Waals surface area contributed by atoms with Crippen molar-refractivity contribution in [2.75, 3.05) is 0 Å². The predicted molar refractivity (Wildman–Crippen MR) is 412 cm³/mol. The molecule has 0 saturated heterocycles. The number of imidazole rings is 6. The molecule has 6 aromatic rings. The summed E-state index contributed by atoms with van der Waals surface area (Å²) in [6, 6.07) is 6.38. The third-order valence-electron chi connectivity index (χ3n) is 27.9. The van der Waals surface area contributed by atoms with Gasteiger partial charge in [0.05, 0.1) is 26.2 Å². The van der Waals surface area contributed by atoms with Crippen molar-refractivity contribution in [1.82, 2.24) is 27.4 Å². The Balaban J connectivity index is 0.000000110. The van der Waals surface area contributed by atoms with Crippen LogP contribution in [0.25, 0.3) is 0 Å². The molecule has 12 aliphatic carbocycles. The summed E-state index contributed by atoms with van der Waals surface area (Å²) in [7, 11) is 0. The van der Waals surface area contributed by atoms with Crippen molar-refractivity contribution in [2.24, 2.45) is 47.3 Å². The molecule has 12 saturated carbocycles. The van der Waals surface area contributed by atoms with Gasteiger partial charge in [0.25, 0.3) is 0 Å². The zero-order chi connectivity index (χ0) is 69.7. The fourth-order valence-corrected chi connectivity index (χ4v) is 22.1. The van der Waals surface area contributed by atoms with Crippen LogP contribution < -0.4 is 27.4 Å². The highest BCUT2D eigenvalue weighted by Crippen LogP contribution is 2.52. The van der Waals surface area contributed by atoms with Gasteiger partial charge in [0.1, 0.15) is 123 Å².